The lowest BCUT2D eigenvalue weighted by atomic mass is 10.1. The summed E-state index contributed by atoms with van der Waals surface area (Å²) in [5.41, 5.74) is 0. The van der Waals surface area contributed by atoms with Gasteiger partial charge in [0.2, 0.25) is 10.0 Å². The minimum atomic E-state index is -3.21. The van der Waals surface area contributed by atoms with E-state index in [4.69, 9.17) is 0 Å². The van der Waals surface area contributed by atoms with E-state index in [-0.39, 0.29) is 11.3 Å². The summed E-state index contributed by atoms with van der Waals surface area (Å²) >= 11 is 1.57. The van der Waals surface area contributed by atoms with Gasteiger partial charge in [-0.15, -0.1) is 11.3 Å². The summed E-state index contributed by atoms with van der Waals surface area (Å²) in [5, 5.41) is 2.57. The van der Waals surface area contributed by atoms with Crippen molar-refractivity contribution in [2.24, 2.45) is 0 Å². The Labute approximate surface area is 124 Å². The molecule has 1 atom stereocenters. The number of thiazole rings is 1. The van der Waals surface area contributed by atoms with E-state index in [1.165, 1.54) is 0 Å². The van der Waals surface area contributed by atoms with Crippen LogP contribution in [0.3, 0.4) is 0 Å². The van der Waals surface area contributed by atoms with Crippen LogP contribution < -0.4 is 9.62 Å². The summed E-state index contributed by atoms with van der Waals surface area (Å²) in [5.74, 6) is 0. The summed E-state index contributed by atoms with van der Waals surface area (Å²) in [4.78, 5) is 6.39. The van der Waals surface area contributed by atoms with Crippen molar-refractivity contribution in [2.75, 3.05) is 18.0 Å². The minimum absolute atomic E-state index is 0.162. The first-order valence-electron chi connectivity index (χ1n) is 7.31. The maximum atomic E-state index is 12.5. The lowest BCUT2D eigenvalue weighted by Gasteiger charge is -2.32. The van der Waals surface area contributed by atoms with Gasteiger partial charge in [-0.25, -0.2) is 18.1 Å². The van der Waals surface area contributed by atoms with Crippen LogP contribution in [-0.2, 0) is 10.0 Å². The van der Waals surface area contributed by atoms with Gasteiger partial charge in [0.05, 0.1) is 5.25 Å². The zero-order valence-electron chi connectivity index (χ0n) is 11.5. The molecule has 1 unspecified atom stereocenters. The third-order valence-corrected chi connectivity index (χ3v) is 6.95. The van der Waals surface area contributed by atoms with Crippen molar-refractivity contribution < 1.29 is 8.42 Å². The van der Waals surface area contributed by atoms with Crippen LogP contribution in [0.15, 0.2) is 11.6 Å². The lowest BCUT2D eigenvalue weighted by molar-refractivity contribution is 0.506. The standard InChI is InChI=1S/C13H21N3O2S2/c17-20(18,15-11-4-1-2-5-11)12-6-3-8-16(10-12)13-14-7-9-19-13/h7,9,11-12,15H,1-6,8,10H2. The fourth-order valence-electron chi connectivity index (χ4n) is 3.11. The van der Waals surface area contributed by atoms with E-state index in [2.05, 4.69) is 14.6 Å². The van der Waals surface area contributed by atoms with Gasteiger partial charge < -0.3 is 4.90 Å². The van der Waals surface area contributed by atoms with Crippen molar-refractivity contribution in [3.63, 3.8) is 0 Å². The van der Waals surface area contributed by atoms with Gasteiger partial charge in [0.25, 0.3) is 0 Å². The molecule has 1 aromatic heterocycles. The molecule has 0 radical (unpaired) electrons. The van der Waals surface area contributed by atoms with Crippen LogP contribution in [0.2, 0.25) is 0 Å². The quantitative estimate of drug-likeness (QED) is 0.923. The molecule has 112 valence electrons. The Morgan fingerprint density at radius 2 is 2.05 bits per heavy atom. The highest BCUT2D eigenvalue weighted by atomic mass is 32.2. The number of hydrogen-bond donors (Lipinski definition) is 1. The van der Waals surface area contributed by atoms with E-state index in [1.54, 1.807) is 17.5 Å². The Morgan fingerprint density at radius 1 is 1.25 bits per heavy atom. The van der Waals surface area contributed by atoms with E-state index in [1.807, 2.05) is 5.38 Å². The van der Waals surface area contributed by atoms with E-state index < -0.39 is 10.0 Å². The second kappa shape index (κ2) is 5.99. The molecule has 1 aliphatic heterocycles. The van der Waals surface area contributed by atoms with E-state index >= 15 is 0 Å². The van der Waals surface area contributed by atoms with Gasteiger partial charge in [0.15, 0.2) is 5.13 Å². The number of aromatic nitrogens is 1. The second-order valence-corrected chi connectivity index (χ2v) is 8.53. The van der Waals surface area contributed by atoms with Crippen LogP contribution in [0, 0.1) is 0 Å². The second-order valence-electron chi connectivity index (χ2n) is 5.67. The molecule has 3 rings (SSSR count). The highest BCUT2D eigenvalue weighted by Crippen LogP contribution is 2.26. The summed E-state index contributed by atoms with van der Waals surface area (Å²) < 4.78 is 27.9. The molecule has 0 spiro atoms. The predicted octanol–water partition coefficient (Wildman–Crippen LogP) is 1.97. The molecular weight excluding hydrogens is 294 g/mol. The third-order valence-electron chi connectivity index (χ3n) is 4.19. The topological polar surface area (TPSA) is 62.3 Å². The van der Waals surface area contributed by atoms with Crippen LogP contribution in [0.1, 0.15) is 38.5 Å². The molecule has 1 saturated heterocycles. The number of nitrogens with zero attached hydrogens (tertiary/aromatic N) is 2. The average Bonchev–Trinajstić information content (AvgIpc) is 3.11. The van der Waals surface area contributed by atoms with Crippen molar-refractivity contribution >= 4 is 26.5 Å². The number of sulfonamides is 1. The molecule has 5 nitrogen and oxygen atoms in total. The van der Waals surface area contributed by atoms with Crippen molar-refractivity contribution in [1.29, 1.82) is 0 Å². The molecule has 1 saturated carbocycles. The molecule has 2 aliphatic rings. The Bertz CT molecular complexity index is 524. The number of hydrogen-bond acceptors (Lipinski definition) is 5. The van der Waals surface area contributed by atoms with Crippen LogP contribution in [0.25, 0.3) is 0 Å². The predicted molar refractivity (Wildman–Crippen MR) is 81.7 cm³/mol. The van der Waals surface area contributed by atoms with Crippen LogP contribution in [-0.4, -0.2) is 37.8 Å². The molecule has 7 heteroatoms. The summed E-state index contributed by atoms with van der Waals surface area (Å²) in [7, 11) is -3.21. The lowest BCUT2D eigenvalue weighted by Crippen LogP contribution is -2.48. The SMILES string of the molecule is O=S(=O)(NC1CCCC1)C1CCCN(c2nccs2)C1. The first-order chi connectivity index (χ1) is 9.65. The third kappa shape index (κ3) is 3.15. The fraction of sp³-hybridized carbons (Fsp3) is 0.769. The Balaban J connectivity index is 1.66. The zero-order valence-corrected chi connectivity index (χ0v) is 13.1. The molecule has 1 aliphatic carbocycles. The first-order valence-corrected chi connectivity index (χ1v) is 9.73. The molecular formula is C13H21N3O2S2. The van der Waals surface area contributed by atoms with E-state index in [0.717, 1.165) is 50.2 Å². The van der Waals surface area contributed by atoms with Gasteiger partial charge in [0, 0.05) is 30.7 Å². The number of nitrogens with one attached hydrogen (secondary N) is 1. The van der Waals surface area contributed by atoms with Crippen LogP contribution in [0.5, 0.6) is 0 Å². The van der Waals surface area contributed by atoms with E-state index in [0.29, 0.717) is 6.54 Å². The highest BCUT2D eigenvalue weighted by molar-refractivity contribution is 7.90. The number of rotatable bonds is 4. The van der Waals surface area contributed by atoms with Gasteiger partial charge in [-0.05, 0) is 25.7 Å². The Kier molecular flexibility index (Phi) is 4.28. The molecule has 0 bridgehead atoms. The molecule has 1 aromatic rings. The van der Waals surface area contributed by atoms with Gasteiger partial charge in [0.1, 0.15) is 0 Å². The average molecular weight is 315 g/mol. The van der Waals surface area contributed by atoms with Crippen molar-refractivity contribution in [3.05, 3.63) is 11.6 Å². The maximum Gasteiger partial charge on any atom is 0.216 e. The summed E-state index contributed by atoms with van der Waals surface area (Å²) in [6.07, 6.45) is 7.70. The largest absolute Gasteiger partial charge is 0.347 e. The Morgan fingerprint density at radius 3 is 2.75 bits per heavy atom. The zero-order chi connectivity index (χ0) is 14.0. The number of piperidine rings is 1. The van der Waals surface area contributed by atoms with E-state index in [9.17, 15) is 8.42 Å². The monoisotopic (exact) mass is 315 g/mol. The smallest absolute Gasteiger partial charge is 0.216 e. The normalized spacial score (nSPS) is 25.2. The molecule has 0 aromatic carbocycles. The molecule has 2 heterocycles. The number of anilines is 1. The minimum Gasteiger partial charge on any atom is -0.347 e. The van der Waals surface area contributed by atoms with Gasteiger partial charge in [-0.1, -0.05) is 12.8 Å². The van der Waals surface area contributed by atoms with Crippen LogP contribution in [0.4, 0.5) is 5.13 Å². The fourth-order valence-corrected chi connectivity index (χ4v) is 5.54. The van der Waals surface area contributed by atoms with Crippen molar-refractivity contribution in [1.82, 2.24) is 9.71 Å². The van der Waals surface area contributed by atoms with Gasteiger partial charge >= 0.3 is 0 Å². The van der Waals surface area contributed by atoms with Crippen molar-refractivity contribution in [3.8, 4) is 0 Å². The van der Waals surface area contributed by atoms with Gasteiger partial charge in [-0.3, -0.25) is 0 Å². The highest BCUT2D eigenvalue weighted by Gasteiger charge is 2.33. The molecule has 0 amide bonds. The van der Waals surface area contributed by atoms with Crippen molar-refractivity contribution in [2.45, 2.75) is 49.8 Å². The summed E-state index contributed by atoms with van der Waals surface area (Å²) in [6.45, 7) is 1.47. The molecule has 20 heavy (non-hydrogen) atoms. The first kappa shape index (κ1) is 14.3. The molecule has 2 fully saturated rings. The van der Waals surface area contributed by atoms with Gasteiger partial charge in [-0.2, -0.15) is 0 Å². The van der Waals surface area contributed by atoms with Crippen LogP contribution >= 0.6 is 11.3 Å². The Hall–Kier alpha value is -0.660. The molecule has 1 N–H and O–H groups in total. The summed E-state index contributed by atoms with van der Waals surface area (Å²) in [6, 6.07) is 0.162. The maximum absolute atomic E-state index is 12.5.